The van der Waals surface area contributed by atoms with Gasteiger partial charge in [0.1, 0.15) is 0 Å². The molecule has 0 radical (unpaired) electrons. The number of hydrogen-bond acceptors (Lipinski definition) is 4. The summed E-state index contributed by atoms with van der Waals surface area (Å²) in [6, 6.07) is 34.1. The van der Waals surface area contributed by atoms with Gasteiger partial charge in [0.25, 0.3) is 0 Å². The second-order valence-corrected chi connectivity index (χ2v) is 10.1. The molecular weight excluding hydrogens is 468 g/mol. The summed E-state index contributed by atoms with van der Waals surface area (Å²) < 4.78 is 0. The van der Waals surface area contributed by atoms with Gasteiger partial charge in [0.15, 0.2) is 0 Å². The van der Waals surface area contributed by atoms with Crippen molar-refractivity contribution in [1.29, 1.82) is 0 Å². The standard InChI is InChI=1S/C34H40N2O2/c1-26-22-31(35(18-20-37)24-29-10-6-4-7-11-29)14-16-33(26)28(3)34-17-15-32(23-27(34)2)36(19-21-38)25-30-12-8-5-9-13-30/h4-17,22-23,28,37-38H,18-21,24-25H2,1-3H3. The van der Waals surface area contributed by atoms with Gasteiger partial charge >= 0.3 is 0 Å². The molecule has 4 rings (SSSR count). The topological polar surface area (TPSA) is 46.9 Å². The molecule has 4 aromatic rings. The third-order valence-corrected chi connectivity index (χ3v) is 7.34. The van der Waals surface area contributed by atoms with Gasteiger partial charge in [-0.05, 0) is 71.5 Å². The number of anilines is 2. The van der Waals surface area contributed by atoms with Gasteiger partial charge < -0.3 is 20.0 Å². The number of nitrogens with zero attached hydrogens (tertiary/aromatic N) is 2. The first-order valence-electron chi connectivity index (χ1n) is 13.5. The molecule has 0 saturated heterocycles. The Bertz CT molecular complexity index is 1190. The molecule has 0 aliphatic heterocycles. The summed E-state index contributed by atoms with van der Waals surface area (Å²) in [6.07, 6.45) is 0. The average Bonchev–Trinajstić information content (AvgIpc) is 2.93. The highest BCUT2D eigenvalue weighted by molar-refractivity contribution is 5.56. The van der Waals surface area contributed by atoms with Crippen molar-refractivity contribution in [1.82, 2.24) is 0 Å². The Morgan fingerprint density at radius 1 is 0.579 bits per heavy atom. The first kappa shape index (κ1) is 27.4. The first-order valence-corrected chi connectivity index (χ1v) is 13.5. The molecule has 0 aromatic heterocycles. The molecule has 0 bridgehead atoms. The second-order valence-electron chi connectivity index (χ2n) is 10.1. The van der Waals surface area contributed by atoms with Crippen molar-refractivity contribution in [3.63, 3.8) is 0 Å². The molecule has 198 valence electrons. The molecule has 0 atom stereocenters. The third kappa shape index (κ3) is 6.83. The van der Waals surface area contributed by atoms with Crippen LogP contribution in [0.25, 0.3) is 0 Å². The highest BCUT2D eigenvalue weighted by Gasteiger charge is 2.17. The Morgan fingerprint density at radius 3 is 1.32 bits per heavy atom. The zero-order chi connectivity index (χ0) is 26.9. The van der Waals surface area contributed by atoms with Crippen molar-refractivity contribution < 1.29 is 10.2 Å². The molecule has 2 N–H and O–H groups in total. The van der Waals surface area contributed by atoms with E-state index in [1.165, 1.54) is 33.4 Å². The van der Waals surface area contributed by atoms with Gasteiger partial charge in [-0.1, -0.05) is 79.7 Å². The molecule has 4 nitrogen and oxygen atoms in total. The van der Waals surface area contributed by atoms with E-state index < -0.39 is 0 Å². The van der Waals surface area contributed by atoms with Crippen molar-refractivity contribution in [3.05, 3.63) is 130 Å². The predicted octanol–water partition coefficient (Wildman–Crippen LogP) is 6.45. The van der Waals surface area contributed by atoms with E-state index >= 15 is 0 Å². The van der Waals surface area contributed by atoms with Gasteiger partial charge in [-0.3, -0.25) is 0 Å². The van der Waals surface area contributed by atoms with Crippen LogP contribution in [0.2, 0.25) is 0 Å². The Kier molecular flexibility index (Phi) is 9.58. The van der Waals surface area contributed by atoms with E-state index in [1.807, 2.05) is 12.1 Å². The minimum atomic E-state index is 0.118. The second kappa shape index (κ2) is 13.3. The quantitative estimate of drug-likeness (QED) is 0.231. The summed E-state index contributed by atoms with van der Waals surface area (Å²) in [5, 5.41) is 19.4. The van der Waals surface area contributed by atoms with Crippen LogP contribution in [0.15, 0.2) is 97.1 Å². The van der Waals surface area contributed by atoms with Gasteiger partial charge in [0, 0.05) is 43.5 Å². The minimum Gasteiger partial charge on any atom is -0.395 e. The molecule has 0 aliphatic rings. The van der Waals surface area contributed by atoms with E-state index in [9.17, 15) is 10.2 Å². The Morgan fingerprint density at radius 2 is 0.974 bits per heavy atom. The van der Waals surface area contributed by atoms with Gasteiger partial charge in [-0.2, -0.15) is 0 Å². The molecule has 4 heteroatoms. The average molecular weight is 509 g/mol. The number of aliphatic hydroxyl groups is 2. The zero-order valence-corrected chi connectivity index (χ0v) is 22.8. The summed E-state index contributed by atoms with van der Waals surface area (Å²) in [6.45, 7) is 9.60. The van der Waals surface area contributed by atoms with Crippen molar-refractivity contribution in [3.8, 4) is 0 Å². The van der Waals surface area contributed by atoms with Crippen molar-refractivity contribution >= 4 is 11.4 Å². The van der Waals surface area contributed by atoms with E-state index in [2.05, 4.69) is 116 Å². The summed E-state index contributed by atoms with van der Waals surface area (Å²) >= 11 is 0. The van der Waals surface area contributed by atoms with Crippen LogP contribution in [0.1, 0.15) is 46.2 Å². The van der Waals surface area contributed by atoms with E-state index in [0.717, 1.165) is 24.5 Å². The summed E-state index contributed by atoms with van der Waals surface area (Å²) in [5.74, 6) is 0.249. The van der Waals surface area contributed by atoms with Crippen LogP contribution in [0.5, 0.6) is 0 Å². The molecule has 0 spiro atoms. The molecule has 0 fully saturated rings. The molecular formula is C34H40N2O2. The lowest BCUT2D eigenvalue weighted by Gasteiger charge is -2.27. The fourth-order valence-corrected chi connectivity index (χ4v) is 5.30. The van der Waals surface area contributed by atoms with Crippen LogP contribution in [-0.2, 0) is 13.1 Å². The lowest BCUT2D eigenvalue weighted by atomic mass is 9.87. The van der Waals surface area contributed by atoms with E-state index in [4.69, 9.17) is 0 Å². The van der Waals surface area contributed by atoms with Crippen molar-refractivity contribution in [2.45, 2.75) is 39.8 Å². The van der Waals surface area contributed by atoms with Crippen LogP contribution in [0, 0.1) is 13.8 Å². The monoisotopic (exact) mass is 508 g/mol. The van der Waals surface area contributed by atoms with E-state index in [1.54, 1.807) is 0 Å². The normalized spacial score (nSPS) is 11.1. The number of aryl methyl sites for hydroxylation is 2. The number of hydrogen-bond donors (Lipinski definition) is 2. The lowest BCUT2D eigenvalue weighted by molar-refractivity contribution is 0.301. The SMILES string of the molecule is Cc1cc(N(CCO)Cc2ccccc2)ccc1C(C)c1ccc(N(CCO)Cc2ccccc2)cc1C. The molecule has 4 aromatic carbocycles. The van der Waals surface area contributed by atoms with Crippen LogP contribution in [0.3, 0.4) is 0 Å². The van der Waals surface area contributed by atoms with Crippen molar-refractivity contribution in [2.24, 2.45) is 0 Å². The fourth-order valence-electron chi connectivity index (χ4n) is 5.30. The Hall–Kier alpha value is -3.60. The molecule has 0 aliphatic carbocycles. The minimum absolute atomic E-state index is 0.118. The van der Waals surface area contributed by atoms with Crippen LogP contribution in [0.4, 0.5) is 11.4 Å². The lowest BCUT2D eigenvalue weighted by Crippen LogP contribution is -2.26. The van der Waals surface area contributed by atoms with Gasteiger partial charge in [-0.15, -0.1) is 0 Å². The molecule has 0 heterocycles. The Labute approximate surface area is 227 Å². The molecule has 0 amide bonds. The summed E-state index contributed by atoms with van der Waals surface area (Å²) in [5.41, 5.74) is 9.84. The van der Waals surface area contributed by atoms with Crippen molar-refractivity contribution in [2.75, 3.05) is 36.1 Å². The van der Waals surface area contributed by atoms with Crippen LogP contribution in [-0.4, -0.2) is 36.5 Å². The highest BCUT2D eigenvalue weighted by atomic mass is 16.3. The van der Waals surface area contributed by atoms with Crippen LogP contribution < -0.4 is 9.80 Å². The molecule has 38 heavy (non-hydrogen) atoms. The maximum atomic E-state index is 9.69. The summed E-state index contributed by atoms with van der Waals surface area (Å²) in [7, 11) is 0. The third-order valence-electron chi connectivity index (χ3n) is 7.34. The summed E-state index contributed by atoms with van der Waals surface area (Å²) in [4.78, 5) is 4.47. The highest BCUT2D eigenvalue weighted by Crippen LogP contribution is 2.33. The number of rotatable bonds is 12. The smallest absolute Gasteiger partial charge is 0.0606 e. The zero-order valence-electron chi connectivity index (χ0n) is 22.8. The number of aliphatic hydroxyl groups excluding tert-OH is 2. The van der Waals surface area contributed by atoms with Gasteiger partial charge in [-0.25, -0.2) is 0 Å². The first-order chi connectivity index (χ1) is 18.5. The molecule has 0 saturated carbocycles. The van der Waals surface area contributed by atoms with Crippen LogP contribution >= 0.6 is 0 Å². The maximum Gasteiger partial charge on any atom is 0.0606 e. The Balaban J connectivity index is 1.54. The fraction of sp³-hybridized carbons (Fsp3) is 0.294. The van der Waals surface area contributed by atoms with Gasteiger partial charge in [0.05, 0.1) is 13.2 Å². The van der Waals surface area contributed by atoms with E-state index in [0.29, 0.717) is 13.1 Å². The molecule has 0 unspecified atom stereocenters. The van der Waals surface area contributed by atoms with E-state index in [-0.39, 0.29) is 19.1 Å². The van der Waals surface area contributed by atoms with Gasteiger partial charge in [0.2, 0.25) is 0 Å². The largest absolute Gasteiger partial charge is 0.395 e. The number of benzene rings is 4. The predicted molar refractivity (Wildman–Crippen MR) is 159 cm³/mol. The maximum absolute atomic E-state index is 9.69.